The van der Waals surface area contributed by atoms with E-state index in [2.05, 4.69) is 0 Å². The number of ether oxygens (including phenoxy) is 2. The number of alkyl halides is 1. The summed E-state index contributed by atoms with van der Waals surface area (Å²) in [6.07, 6.45) is -3.35. The van der Waals surface area contributed by atoms with E-state index in [-0.39, 0.29) is 13.0 Å². The van der Waals surface area contributed by atoms with Crippen molar-refractivity contribution in [3.63, 3.8) is 0 Å². The van der Waals surface area contributed by atoms with E-state index in [1.54, 1.807) is 30.3 Å². The van der Waals surface area contributed by atoms with Crippen molar-refractivity contribution in [3.05, 3.63) is 35.9 Å². The van der Waals surface area contributed by atoms with Crippen molar-refractivity contribution in [2.75, 3.05) is 6.61 Å². The summed E-state index contributed by atoms with van der Waals surface area (Å²) in [6.45, 7) is -0.0504. The van der Waals surface area contributed by atoms with Crippen LogP contribution < -0.4 is 0 Å². The molecule has 0 bridgehead atoms. The highest BCUT2D eigenvalue weighted by molar-refractivity contribution is 5.89. The number of aliphatic hydroxyl groups is 1. The lowest BCUT2D eigenvalue weighted by molar-refractivity contribution is -0.121. The molecule has 1 saturated heterocycles. The van der Waals surface area contributed by atoms with E-state index in [1.807, 2.05) is 0 Å². The van der Waals surface area contributed by atoms with E-state index < -0.39 is 24.5 Å². The number of carbonyl (C=O) groups excluding carboxylic acids is 1. The summed E-state index contributed by atoms with van der Waals surface area (Å²) < 4.78 is 22.7. The van der Waals surface area contributed by atoms with Crippen LogP contribution in [0.4, 0.5) is 4.39 Å². The standard InChI is InChI=1S/C12H13FO4/c13-10-6-9(17-12(10)15)7-16-11(14)8-4-2-1-3-5-8/h1-5,9-10,12,15H,6-7H2/t9-,10-,12+/m0/s1. The van der Waals surface area contributed by atoms with Gasteiger partial charge in [-0.3, -0.25) is 0 Å². The molecule has 1 fully saturated rings. The first-order valence-corrected chi connectivity index (χ1v) is 5.36. The molecule has 0 radical (unpaired) electrons. The van der Waals surface area contributed by atoms with E-state index in [0.717, 1.165) is 0 Å². The number of esters is 1. The van der Waals surface area contributed by atoms with Gasteiger partial charge in [0.15, 0.2) is 12.5 Å². The number of hydrogen-bond acceptors (Lipinski definition) is 4. The highest BCUT2D eigenvalue weighted by Gasteiger charge is 2.34. The van der Waals surface area contributed by atoms with Crippen molar-refractivity contribution in [2.45, 2.75) is 25.0 Å². The fourth-order valence-corrected chi connectivity index (χ4v) is 1.64. The number of benzene rings is 1. The van der Waals surface area contributed by atoms with Gasteiger partial charge in [0.1, 0.15) is 6.61 Å². The Morgan fingerprint density at radius 3 is 2.76 bits per heavy atom. The molecule has 1 N–H and O–H groups in total. The first-order valence-electron chi connectivity index (χ1n) is 5.36. The monoisotopic (exact) mass is 240 g/mol. The minimum absolute atomic E-state index is 0.0449. The van der Waals surface area contributed by atoms with Crippen LogP contribution in [0.3, 0.4) is 0 Å². The van der Waals surface area contributed by atoms with Crippen LogP contribution in [0.15, 0.2) is 30.3 Å². The maximum Gasteiger partial charge on any atom is 0.338 e. The van der Waals surface area contributed by atoms with Gasteiger partial charge in [-0.1, -0.05) is 18.2 Å². The Bertz CT molecular complexity index is 371. The average molecular weight is 240 g/mol. The largest absolute Gasteiger partial charge is 0.459 e. The molecule has 0 aromatic heterocycles. The molecule has 4 nitrogen and oxygen atoms in total. The van der Waals surface area contributed by atoms with Gasteiger partial charge in [0, 0.05) is 6.42 Å². The first kappa shape index (κ1) is 12.0. The number of halogens is 1. The van der Waals surface area contributed by atoms with Gasteiger partial charge in [0.2, 0.25) is 0 Å². The van der Waals surface area contributed by atoms with Crippen LogP contribution in [0.5, 0.6) is 0 Å². The molecule has 1 aromatic carbocycles. The van der Waals surface area contributed by atoms with Crippen LogP contribution in [-0.4, -0.2) is 36.2 Å². The molecule has 1 aliphatic rings. The fourth-order valence-electron chi connectivity index (χ4n) is 1.64. The second-order valence-corrected chi connectivity index (χ2v) is 3.86. The fraction of sp³-hybridized carbons (Fsp3) is 0.417. The SMILES string of the molecule is O=C(OC[C@@H]1C[C@H](F)[C@H](O)O1)c1ccccc1. The van der Waals surface area contributed by atoms with Gasteiger partial charge in [-0.05, 0) is 12.1 Å². The van der Waals surface area contributed by atoms with E-state index in [1.165, 1.54) is 0 Å². The summed E-state index contributed by atoms with van der Waals surface area (Å²) in [6, 6.07) is 8.50. The van der Waals surface area contributed by atoms with Crippen LogP contribution in [0, 0.1) is 0 Å². The van der Waals surface area contributed by atoms with Crippen molar-refractivity contribution < 1.29 is 23.8 Å². The average Bonchev–Trinajstić information content (AvgIpc) is 2.67. The van der Waals surface area contributed by atoms with Gasteiger partial charge in [-0.25, -0.2) is 9.18 Å². The zero-order chi connectivity index (χ0) is 12.3. The van der Waals surface area contributed by atoms with Gasteiger partial charge in [0.05, 0.1) is 11.7 Å². The Morgan fingerprint density at radius 1 is 1.47 bits per heavy atom. The van der Waals surface area contributed by atoms with E-state index in [9.17, 15) is 9.18 Å². The van der Waals surface area contributed by atoms with Crippen molar-refractivity contribution in [1.82, 2.24) is 0 Å². The Balaban J connectivity index is 1.81. The third-order valence-corrected chi connectivity index (χ3v) is 2.54. The number of hydrogen-bond donors (Lipinski definition) is 1. The Labute approximate surface area is 98.0 Å². The molecule has 0 amide bonds. The van der Waals surface area contributed by atoms with E-state index in [4.69, 9.17) is 14.6 Å². The molecule has 3 atom stereocenters. The molecular formula is C12H13FO4. The van der Waals surface area contributed by atoms with Gasteiger partial charge in [-0.2, -0.15) is 0 Å². The molecule has 0 spiro atoms. The first-order chi connectivity index (χ1) is 8.16. The van der Waals surface area contributed by atoms with Crippen LogP contribution in [0.1, 0.15) is 16.8 Å². The van der Waals surface area contributed by atoms with Crippen LogP contribution in [-0.2, 0) is 9.47 Å². The summed E-state index contributed by atoms with van der Waals surface area (Å²) in [5, 5.41) is 9.01. The third-order valence-electron chi connectivity index (χ3n) is 2.54. The van der Waals surface area contributed by atoms with Crippen LogP contribution >= 0.6 is 0 Å². The Hall–Kier alpha value is -1.46. The summed E-state index contributed by atoms with van der Waals surface area (Å²) in [7, 11) is 0. The smallest absolute Gasteiger partial charge is 0.338 e. The maximum absolute atomic E-state index is 12.9. The zero-order valence-corrected chi connectivity index (χ0v) is 9.08. The van der Waals surface area contributed by atoms with Crippen molar-refractivity contribution >= 4 is 5.97 Å². The van der Waals surface area contributed by atoms with Crippen molar-refractivity contribution in [2.24, 2.45) is 0 Å². The van der Waals surface area contributed by atoms with Crippen LogP contribution in [0.2, 0.25) is 0 Å². The molecule has 2 rings (SSSR count). The minimum atomic E-state index is -1.41. The van der Waals surface area contributed by atoms with Gasteiger partial charge < -0.3 is 14.6 Å². The molecular weight excluding hydrogens is 227 g/mol. The second-order valence-electron chi connectivity index (χ2n) is 3.86. The lowest BCUT2D eigenvalue weighted by Gasteiger charge is -2.10. The van der Waals surface area contributed by atoms with Gasteiger partial charge >= 0.3 is 5.97 Å². The number of carbonyl (C=O) groups is 1. The molecule has 0 saturated carbocycles. The van der Waals surface area contributed by atoms with E-state index in [0.29, 0.717) is 5.56 Å². The summed E-state index contributed by atoms with van der Waals surface area (Å²) >= 11 is 0. The second kappa shape index (κ2) is 5.25. The minimum Gasteiger partial charge on any atom is -0.459 e. The zero-order valence-electron chi connectivity index (χ0n) is 9.08. The Kier molecular flexibility index (Phi) is 3.71. The predicted octanol–water partition coefficient (Wildman–Crippen LogP) is 1.29. The van der Waals surface area contributed by atoms with Gasteiger partial charge in [-0.15, -0.1) is 0 Å². The molecule has 1 aromatic rings. The maximum atomic E-state index is 12.9. The topological polar surface area (TPSA) is 55.8 Å². The molecule has 1 aliphatic heterocycles. The Morgan fingerprint density at radius 2 is 2.18 bits per heavy atom. The summed E-state index contributed by atoms with van der Waals surface area (Å²) in [5.41, 5.74) is 0.433. The number of aliphatic hydroxyl groups excluding tert-OH is 1. The number of rotatable bonds is 3. The summed E-state index contributed by atoms with van der Waals surface area (Å²) in [4.78, 5) is 11.5. The quantitative estimate of drug-likeness (QED) is 0.809. The molecule has 5 heteroatoms. The molecule has 17 heavy (non-hydrogen) atoms. The van der Waals surface area contributed by atoms with Crippen LogP contribution in [0.25, 0.3) is 0 Å². The van der Waals surface area contributed by atoms with Gasteiger partial charge in [0.25, 0.3) is 0 Å². The molecule has 1 heterocycles. The molecule has 0 unspecified atom stereocenters. The van der Waals surface area contributed by atoms with Crippen molar-refractivity contribution in [1.29, 1.82) is 0 Å². The predicted molar refractivity (Wildman–Crippen MR) is 57.1 cm³/mol. The lowest BCUT2D eigenvalue weighted by Crippen LogP contribution is -2.19. The lowest BCUT2D eigenvalue weighted by atomic mass is 10.2. The van der Waals surface area contributed by atoms with E-state index >= 15 is 0 Å². The third kappa shape index (κ3) is 3.01. The molecule has 92 valence electrons. The highest BCUT2D eigenvalue weighted by atomic mass is 19.1. The highest BCUT2D eigenvalue weighted by Crippen LogP contribution is 2.21. The summed E-state index contributed by atoms with van der Waals surface area (Å²) in [5.74, 6) is -0.481. The molecule has 0 aliphatic carbocycles. The van der Waals surface area contributed by atoms with Crippen molar-refractivity contribution in [3.8, 4) is 0 Å². The normalized spacial score (nSPS) is 28.0.